The molecule has 0 aliphatic carbocycles. The molecule has 0 aromatic heterocycles. The van der Waals surface area contributed by atoms with Gasteiger partial charge in [-0.3, -0.25) is 4.79 Å². The van der Waals surface area contributed by atoms with Crippen LogP contribution in [0.2, 0.25) is 0 Å². The predicted molar refractivity (Wildman–Crippen MR) is 166 cm³/mol. The fourth-order valence-electron chi connectivity index (χ4n) is 5.11. The van der Waals surface area contributed by atoms with Crippen molar-refractivity contribution in [2.45, 2.75) is 109 Å². The number of hydrogen-bond donors (Lipinski definition) is 3. The first-order valence-electron chi connectivity index (χ1n) is 15.1. The summed E-state index contributed by atoms with van der Waals surface area (Å²) in [6.07, 6.45) is 14.9. The molecule has 0 bridgehead atoms. The molecule has 0 amide bonds. The van der Waals surface area contributed by atoms with Crippen molar-refractivity contribution in [3.63, 3.8) is 0 Å². The molecule has 0 unspecified atom stereocenters. The molecule has 43 heavy (non-hydrogen) atoms. The van der Waals surface area contributed by atoms with Gasteiger partial charge in [0.05, 0.1) is 25.2 Å². The summed E-state index contributed by atoms with van der Waals surface area (Å²) in [6, 6.07) is 0. The van der Waals surface area contributed by atoms with Crippen LogP contribution in [0.1, 0.15) is 59.8 Å². The average Bonchev–Trinajstić information content (AvgIpc) is 2.96. The molecule has 2 aliphatic rings. The van der Waals surface area contributed by atoms with Crippen molar-refractivity contribution in [3.8, 4) is 0 Å². The SMILES string of the molecule is C/C=C/C/C(C)=C\[C@H]1C/C=C/C=C/C[C@H](C)/C=C(\C)[C@@H](OC)CC=C[C@@H](O[C@@H]2O[C@H](CO)[C@@H](O)[C@H](OC)[C@H]2O)CC(=O)O1. The molecule has 0 aromatic rings. The summed E-state index contributed by atoms with van der Waals surface area (Å²) in [5, 5.41) is 31.0. The topological polar surface area (TPSA) is 124 Å². The zero-order valence-corrected chi connectivity index (χ0v) is 26.5. The Kier molecular flexibility index (Phi) is 17.0. The van der Waals surface area contributed by atoms with E-state index in [0.29, 0.717) is 18.8 Å². The molecule has 2 aliphatic heterocycles. The van der Waals surface area contributed by atoms with Crippen LogP contribution in [-0.2, 0) is 28.5 Å². The number of methoxy groups -OCH3 is 2. The summed E-state index contributed by atoms with van der Waals surface area (Å²) in [5.74, 6) is -0.166. The highest BCUT2D eigenvalue weighted by molar-refractivity contribution is 5.70. The van der Waals surface area contributed by atoms with Crippen molar-refractivity contribution >= 4 is 5.97 Å². The van der Waals surface area contributed by atoms with Gasteiger partial charge in [-0.05, 0) is 57.6 Å². The van der Waals surface area contributed by atoms with Crippen LogP contribution in [0.5, 0.6) is 0 Å². The minimum absolute atomic E-state index is 0.154. The van der Waals surface area contributed by atoms with Crippen molar-refractivity contribution in [3.05, 3.63) is 71.9 Å². The molecular formula is C34H52O9. The molecule has 9 nitrogen and oxygen atoms in total. The maximum absolute atomic E-state index is 13.3. The number of rotatable bonds is 8. The van der Waals surface area contributed by atoms with E-state index in [1.165, 1.54) is 7.11 Å². The predicted octanol–water partition coefficient (Wildman–Crippen LogP) is 4.49. The van der Waals surface area contributed by atoms with E-state index in [9.17, 15) is 20.1 Å². The lowest BCUT2D eigenvalue weighted by atomic mass is 9.98. The Morgan fingerprint density at radius 1 is 1.07 bits per heavy atom. The van der Waals surface area contributed by atoms with Crippen molar-refractivity contribution in [2.24, 2.45) is 5.92 Å². The van der Waals surface area contributed by atoms with Gasteiger partial charge in [0.2, 0.25) is 0 Å². The van der Waals surface area contributed by atoms with Crippen LogP contribution < -0.4 is 0 Å². The third-order valence-electron chi connectivity index (χ3n) is 7.50. The largest absolute Gasteiger partial charge is 0.458 e. The minimum Gasteiger partial charge on any atom is -0.458 e. The molecule has 2 heterocycles. The second-order valence-electron chi connectivity index (χ2n) is 11.2. The second-order valence-corrected chi connectivity index (χ2v) is 11.2. The summed E-state index contributed by atoms with van der Waals surface area (Å²) < 4.78 is 28.7. The summed E-state index contributed by atoms with van der Waals surface area (Å²) in [4.78, 5) is 13.3. The highest BCUT2D eigenvalue weighted by atomic mass is 16.7. The van der Waals surface area contributed by atoms with Crippen LogP contribution in [0.25, 0.3) is 0 Å². The molecule has 9 heteroatoms. The van der Waals surface area contributed by atoms with Crippen LogP contribution in [0.15, 0.2) is 71.9 Å². The Balaban J connectivity index is 2.38. The Morgan fingerprint density at radius 2 is 1.79 bits per heavy atom. The van der Waals surface area contributed by atoms with Gasteiger partial charge in [0.25, 0.3) is 0 Å². The van der Waals surface area contributed by atoms with Crippen molar-refractivity contribution in [1.82, 2.24) is 0 Å². The normalized spacial score (nSPS) is 36.8. The zero-order chi connectivity index (χ0) is 31.8. The van der Waals surface area contributed by atoms with E-state index in [4.69, 9.17) is 23.7 Å². The number of cyclic esters (lactones) is 1. The molecule has 0 radical (unpaired) electrons. The van der Waals surface area contributed by atoms with Gasteiger partial charge in [0.15, 0.2) is 6.29 Å². The molecule has 0 saturated carbocycles. The number of aliphatic hydroxyl groups is 3. The van der Waals surface area contributed by atoms with E-state index >= 15 is 0 Å². The fourth-order valence-corrected chi connectivity index (χ4v) is 5.11. The number of ether oxygens (including phenoxy) is 5. The Hall–Kier alpha value is -2.37. The summed E-state index contributed by atoms with van der Waals surface area (Å²) in [7, 11) is 3.01. The Morgan fingerprint density at radius 3 is 2.44 bits per heavy atom. The third-order valence-corrected chi connectivity index (χ3v) is 7.50. The van der Waals surface area contributed by atoms with Crippen LogP contribution in [-0.4, -0.2) is 91.1 Å². The lowest BCUT2D eigenvalue weighted by molar-refractivity contribution is -0.311. The minimum atomic E-state index is -1.36. The average molecular weight is 605 g/mol. The van der Waals surface area contributed by atoms with Gasteiger partial charge in [-0.15, -0.1) is 0 Å². The van der Waals surface area contributed by atoms with Crippen LogP contribution >= 0.6 is 0 Å². The molecule has 0 spiro atoms. The Bertz CT molecular complexity index is 1010. The summed E-state index contributed by atoms with van der Waals surface area (Å²) >= 11 is 0. The van der Waals surface area contributed by atoms with Crippen LogP contribution in [0.3, 0.4) is 0 Å². The van der Waals surface area contributed by atoms with E-state index in [2.05, 4.69) is 19.1 Å². The molecular weight excluding hydrogens is 552 g/mol. The highest BCUT2D eigenvalue weighted by Gasteiger charge is 2.46. The van der Waals surface area contributed by atoms with Crippen LogP contribution in [0, 0.1) is 5.92 Å². The van der Waals surface area contributed by atoms with E-state index in [1.54, 1.807) is 13.2 Å². The maximum Gasteiger partial charge on any atom is 0.309 e. The fraction of sp³-hybridized carbons (Fsp3) is 0.618. The van der Waals surface area contributed by atoms with E-state index in [0.717, 1.165) is 24.0 Å². The van der Waals surface area contributed by atoms with E-state index < -0.39 is 55.5 Å². The lowest BCUT2D eigenvalue weighted by Gasteiger charge is -2.42. The van der Waals surface area contributed by atoms with Gasteiger partial charge in [-0.1, -0.05) is 67.2 Å². The summed E-state index contributed by atoms with van der Waals surface area (Å²) in [5.41, 5.74) is 2.17. The van der Waals surface area contributed by atoms with E-state index in [1.807, 2.05) is 63.3 Å². The van der Waals surface area contributed by atoms with Gasteiger partial charge in [-0.2, -0.15) is 0 Å². The first-order chi connectivity index (χ1) is 20.6. The highest BCUT2D eigenvalue weighted by Crippen LogP contribution is 2.26. The maximum atomic E-state index is 13.3. The van der Waals surface area contributed by atoms with Gasteiger partial charge in [-0.25, -0.2) is 0 Å². The second kappa shape index (κ2) is 19.8. The van der Waals surface area contributed by atoms with E-state index in [-0.39, 0.29) is 12.5 Å². The Labute approximate surface area is 257 Å². The standard InChI is InChI=1S/C34H52O9/c1-7-8-14-24(3)20-26-16-12-10-9-11-15-23(2)19-25(4)28(39-5)18-13-17-27(21-30(36)41-26)42-34-32(38)33(40-6)31(37)29(22-35)43-34/h7-13,17,19-20,23,26-29,31-35,37-38H,14-16,18,21-22H2,1-6H3/b8-7+,11-9+,12-10+,17-13?,24-20-,25-19+/t23-,26+,27+,28-,29+,31+,32+,33-,34+/m0/s1. The molecule has 242 valence electrons. The van der Waals surface area contributed by atoms with Crippen molar-refractivity contribution < 1.29 is 43.8 Å². The molecule has 1 saturated heterocycles. The molecule has 3 N–H and O–H groups in total. The van der Waals surface area contributed by atoms with Gasteiger partial charge in [0, 0.05) is 20.6 Å². The third kappa shape index (κ3) is 12.6. The van der Waals surface area contributed by atoms with Gasteiger partial charge < -0.3 is 39.0 Å². The summed E-state index contributed by atoms with van der Waals surface area (Å²) in [6.45, 7) is 7.66. The number of aliphatic hydroxyl groups excluding tert-OH is 3. The number of esters is 1. The number of hydrogen-bond acceptors (Lipinski definition) is 9. The van der Waals surface area contributed by atoms with Gasteiger partial charge in [0.1, 0.15) is 30.5 Å². The lowest BCUT2D eigenvalue weighted by Crippen LogP contribution is -2.60. The number of carbonyl (C=O) groups excluding carboxylic acids is 1. The molecule has 0 aromatic carbocycles. The molecule has 2 rings (SSSR count). The quantitative estimate of drug-likeness (QED) is 0.272. The van der Waals surface area contributed by atoms with Crippen molar-refractivity contribution in [1.29, 1.82) is 0 Å². The monoisotopic (exact) mass is 604 g/mol. The molecule has 9 atom stereocenters. The van der Waals surface area contributed by atoms with Crippen LogP contribution in [0.4, 0.5) is 0 Å². The van der Waals surface area contributed by atoms with Crippen molar-refractivity contribution in [2.75, 3.05) is 20.8 Å². The first-order valence-corrected chi connectivity index (χ1v) is 15.1. The number of allylic oxidation sites excluding steroid dienone is 7. The van der Waals surface area contributed by atoms with Gasteiger partial charge >= 0.3 is 5.97 Å². The zero-order valence-electron chi connectivity index (χ0n) is 26.5. The number of carbonyl (C=O) groups is 1. The first kappa shape index (κ1) is 36.8. The smallest absolute Gasteiger partial charge is 0.309 e. The molecule has 1 fully saturated rings.